The van der Waals surface area contributed by atoms with E-state index in [0.29, 0.717) is 19.6 Å². The van der Waals surface area contributed by atoms with Gasteiger partial charge in [0.25, 0.3) is 0 Å². The maximum Gasteiger partial charge on any atom is 0.317 e. The van der Waals surface area contributed by atoms with E-state index in [2.05, 4.69) is 20.8 Å². The highest BCUT2D eigenvalue weighted by molar-refractivity contribution is 5.24. The van der Waals surface area contributed by atoms with Crippen molar-refractivity contribution in [3.8, 4) is 0 Å². The van der Waals surface area contributed by atoms with Gasteiger partial charge in [-0.05, 0) is 31.2 Å². The van der Waals surface area contributed by atoms with Gasteiger partial charge in [-0.15, -0.1) is 0 Å². The molecule has 0 spiro atoms. The molecule has 0 fully saturated rings. The van der Waals surface area contributed by atoms with Gasteiger partial charge in [0, 0.05) is 7.11 Å². The number of hydrogen-bond acceptors (Lipinski definition) is 4. The molecule has 1 atom stereocenters. The molecule has 0 heterocycles. The minimum atomic E-state index is -1.50. The third-order valence-corrected chi connectivity index (χ3v) is 6.00. The van der Waals surface area contributed by atoms with Crippen LogP contribution in [-0.2, 0) is 19.8 Å². The van der Waals surface area contributed by atoms with Crippen molar-refractivity contribution >= 4 is 0 Å². The van der Waals surface area contributed by atoms with Crippen LogP contribution >= 0.6 is 0 Å². The van der Waals surface area contributed by atoms with Gasteiger partial charge in [-0.25, -0.2) is 0 Å². The molecular formula is C27H48O4. The third kappa shape index (κ3) is 9.21. The average molecular weight is 437 g/mol. The number of benzene rings is 1. The summed E-state index contributed by atoms with van der Waals surface area (Å²) < 4.78 is 18.5. The first-order valence-corrected chi connectivity index (χ1v) is 12.7. The van der Waals surface area contributed by atoms with Crippen LogP contribution in [-0.4, -0.2) is 31.4 Å². The zero-order valence-corrected chi connectivity index (χ0v) is 20.7. The molecule has 0 amide bonds. The molecular weight excluding hydrogens is 388 g/mol. The normalized spacial score (nSPS) is 14.0. The number of rotatable bonds is 20. The standard InChI is InChI=1S/C27H48O4/c1-5-8-11-12-13-17-22-26(28,25-20-15-14-16-21-25)27(29-4,30-23-18-9-6-2)31-24-19-10-7-3/h14-16,20-21,28H,5-13,17-19,22-24H2,1-4H3. The van der Waals surface area contributed by atoms with Gasteiger partial charge < -0.3 is 19.3 Å². The van der Waals surface area contributed by atoms with Crippen LogP contribution in [0.4, 0.5) is 0 Å². The molecule has 1 N–H and O–H groups in total. The smallest absolute Gasteiger partial charge is 0.317 e. The summed E-state index contributed by atoms with van der Waals surface area (Å²) in [6.45, 7) is 7.57. The SMILES string of the molecule is CCCCCCCCC(O)(c1ccccc1)C(OC)(OCCCCC)OCCCCC. The number of hydrogen-bond donors (Lipinski definition) is 1. The number of aliphatic hydroxyl groups is 1. The Bertz CT molecular complexity index is 521. The van der Waals surface area contributed by atoms with Gasteiger partial charge in [0.15, 0.2) is 5.60 Å². The second kappa shape index (κ2) is 16.7. The summed E-state index contributed by atoms with van der Waals surface area (Å²) in [4.78, 5) is 0. The first-order valence-electron chi connectivity index (χ1n) is 12.7. The van der Waals surface area contributed by atoms with E-state index >= 15 is 0 Å². The first kappa shape index (κ1) is 28.1. The van der Waals surface area contributed by atoms with E-state index in [1.54, 1.807) is 7.11 Å². The molecule has 0 saturated heterocycles. The van der Waals surface area contributed by atoms with Crippen molar-refractivity contribution < 1.29 is 19.3 Å². The van der Waals surface area contributed by atoms with E-state index in [-0.39, 0.29) is 0 Å². The molecule has 1 aromatic carbocycles. The molecule has 1 unspecified atom stereocenters. The molecule has 4 nitrogen and oxygen atoms in total. The summed E-state index contributed by atoms with van der Waals surface area (Å²) in [5, 5.41) is 12.1. The zero-order chi connectivity index (χ0) is 22.8. The maximum atomic E-state index is 12.1. The highest BCUT2D eigenvalue weighted by Crippen LogP contribution is 2.42. The van der Waals surface area contributed by atoms with Crippen molar-refractivity contribution in [2.24, 2.45) is 0 Å². The van der Waals surface area contributed by atoms with Crippen LogP contribution in [0, 0.1) is 0 Å². The monoisotopic (exact) mass is 436 g/mol. The van der Waals surface area contributed by atoms with Crippen molar-refractivity contribution in [2.75, 3.05) is 20.3 Å². The minimum absolute atomic E-state index is 0.501. The van der Waals surface area contributed by atoms with Crippen LogP contribution in [0.2, 0.25) is 0 Å². The summed E-state index contributed by atoms with van der Waals surface area (Å²) in [7, 11) is 1.59. The summed E-state index contributed by atoms with van der Waals surface area (Å²) in [5.41, 5.74) is -0.581. The predicted octanol–water partition coefficient (Wildman–Crippen LogP) is 7.34. The summed E-state index contributed by atoms with van der Waals surface area (Å²) in [5.74, 6) is -1.50. The lowest BCUT2D eigenvalue weighted by Crippen LogP contribution is -2.57. The van der Waals surface area contributed by atoms with Gasteiger partial charge in [-0.3, -0.25) is 0 Å². The van der Waals surface area contributed by atoms with Gasteiger partial charge in [-0.1, -0.05) is 109 Å². The number of methoxy groups -OCH3 is 1. The van der Waals surface area contributed by atoms with Crippen molar-refractivity contribution in [1.82, 2.24) is 0 Å². The third-order valence-electron chi connectivity index (χ3n) is 6.00. The molecule has 0 saturated carbocycles. The molecule has 0 aliphatic carbocycles. The topological polar surface area (TPSA) is 47.9 Å². The largest absolute Gasteiger partial charge is 0.377 e. The lowest BCUT2D eigenvalue weighted by molar-refractivity contribution is -0.441. The molecule has 0 radical (unpaired) electrons. The molecule has 4 heteroatoms. The van der Waals surface area contributed by atoms with Crippen LogP contribution in [0.1, 0.15) is 110 Å². The minimum Gasteiger partial charge on any atom is -0.377 e. The second-order valence-electron chi connectivity index (χ2n) is 8.62. The molecule has 0 bridgehead atoms. The molecule has 0 aromatic heterocycles. The fraction of sp³-hybridized carbons (Fsp3) is 0.778. The maximum absolute atomic E-state index is 12.1. The summed E-state index contributed by atoms with van der Waals surface area (Å²) in [6, 6.07) is 9.78. The Hall–Kier alpha value is -0.940. The average Bonchev–Trinajstić information content (AvgIpc) is 2.81. The summed E-state index contributed by atoms with van der Waals surface area (Å²) in [6.07, 6.45) is 13.7. The van der Waals surface area contributed by atoms with Gasteiger partial charge in [0.1, 0.15) is 0 Å². The Balaban J connectivity index is 3.08. The van der Waals surface area contributed by atoms with E-state index in [4.69, 9.17) is 14.2 Å². The molecule has 31 heavy (non-hydrogen) atoms. The molecule has 1 aromatic rings. The predicted molar refractivity (Wildman–Crippen MR) is 129 cm³/mol. The lowest BCUT2D eigenvalue weighted by Gasteiger charge is -2.45. The Morgan fingerprint density at radius 1 is 0.677 bits per heavy atom. The van der Waals surface area contributed by atoms with E-state index < -0.39 is 11.6 Å². The summed E-state index contributed by atoms with van der Waals surface area (Å²) >= 11 is 0. The van der Waals surface area contributed by atoms with Crippen LogP contribution in [0.3, 0.4) is 0 Å². The van der Waals surface area contributed by atoms with E-state index in [0.717, 1.165) is 56.9 Å². The van der Waals surface area contributed by atoms with Gasteiger partial charge in [-0.2, -0.15) is 0 Å². The van der Waals surface area contributed by atoms with E-state index in [9.17, 15) is 5.11 Å². The highest BCUT2D eigenvalue weighted by atomic mass is 16.9. The Labute approximate surface area is 191 Å². The van der Waals surface area contributed by atoms with Crippen LogP contribution in [0.25, 0.3) is 0 Å². The lowest BCUT2D eigenvalue weighted by atomic mass is 9.85. The van der Waals surface area contributed by atoms with Crippen LogP contribution in [0.5, 0.6) is 0 Å². The number of ether oxygens (including phenoxy) is 3. The van der Waals surface area contributed by atoms with Crippen molar-refractivity contribution in [3.05, 3.63) is 35.9 Å². The Morgan fingerprint density at radius 2 is 1.16 bits per heavy atom. The highest BCUT2D eigenvalue weighted by Gasteiger charge is 2.55. The van der Waals surface area contributed by atoms with E-state index in [1.807, 2.05) is 30.3 Å². The Morgan fingerprint density at radius 3 is 1.68 bits per heavy atom. The van der Waals surface area contributed by atoms with Crippen molar-refractivity contribution in [1.29, 1.82) is 0 Å². The van der Waals surface area contributed by atoms with Crippen molar-refractivity contribution in [3.63, 3.8) is 0 Å². The zero-order valence-electron chi connectivity index (χ0n) is 20.7. The van der Waals surface area contributed by atoms with Crippen LogP contribution < -0.4 is 0 Å². The second-order valence-corrected chi connectivity index (χ2v) is 8.62. The first-order chi connectivity index (χ1) is 15.1. The van der Waals surface area contributed by atoms with Crippen molar-refractivity contribution in [2.45, 2.75) is 116 Å². The molecule has 1 rings (SSSR count). The van der Waals surface area contributed by atoms with Gasteiger partial charge >= 0.3 is 5.97 Å². The van der Waals surface area contributed by atoms with Crippen LogP contribution in [0.15, 0.2) is 30.3 Å². The molecule has 180 valence electrons. The number of unbranched alkanes of at least 4 members (excludes halogenated alkanes) is 9. The van der Waals surface area contributed by atoms with Gasteiger partial charge in [0.05, 0.1) is 13.2 Å². The van der Waals surface area contributed by atoms with E-state index in [1.165, 1.54) is 25.7 Å². The van der Waals surface area contributed by atoms with Gasteiger partial charge in [0.2, 0.25) is 0 Å². The molecule has 0 aliphatic rings. The Kier molecular flexibility index (Phi) is 15.1. The fourth-order valence-electron chi connectivity index (χ4n) is 4.03. The molecule has 0 aliphatic heterocycles. The quantitative estimate of drug-likeness (QED) is 0.172. The fourth-order valence-corrected chi connectivity index (χ4v) is 4.03.